The molecule has 1 atom stereocenters. The predicted octanol–water partition coefficient (Wildman–Crippen LogP) is 1.26. The molecule has 6 heteroatoms. The SMILES string of the molecule is COc1cc(OC)c(C(N)C(=O)O)cc1CF. The normalized spacial score (nSPS) is 12.0. The molecule has 0 aromatic heterocycles. The van der Waals surface area contributed by atoms with E-state index in [0.717, 1.165) is 0 Å². The Morgan fingerprint density at radius 2 is 2.00 bits per heavy atom. The fourth-order valence-electron chi connectivity index (χ4n) is 1.47. The number of hydrogen-bond donors (Lipinski definition) is 2. The summed E-state index contributed by atoms with van der Waals surface area (Å²) in [6.07, 6.45) is 0. The van der Waals surface area contributed by atoms with E-state index < -0.39 is 18.7 Å². The van der Waals surface area contributed by atoms with Crippen molar-refractivity contribution in [1.29, 1.82) is 0 Å². The molecule has 0 amide bonds. The van der Waals surface area contributed by atoms with Gasteiger partial charge >= 0.3 is 5.97 Å². The lowest BCUT2D eigenvalue weighted by Crippen LogP contribution is -2.21. The summed E-state index contributed by atoms with van der Waals surface area (Å²) in [6.45, 7) is -0.771. The van der Waals surface area contributed by atoms with Crippen molar-refractivity contribution in [3.8, 4) is 11.5 Å². The summed E-state index contributed by atoms with van der Waals surface area (Å²) in [6, 6.07) is 1.50. The maximum Gasteiger partial charge on any atom is 0.325 e. The molecule has 1 aromatic carbocycles. The van der Waals surface area contributed by atoms with Crippen molar-refractivity contribution in [3.05, 3.63) is 23.3 Å². The second-order valence-corrected chi connectivity index (χ2v) is 3.36. The van der Waals surface area contributed by atoms with Crippen LogP contribution in [0.5, 0.6) is 11.5 Å². The van der Waals surface area contributed by atoms with Gasteiger partial charge in [-0.1, -0.05) is 0 Å². The number of alkyl halides is 1. The van der Waals surface area contributed by atoms with Gasteiger partial charge in [0.25, 0.3) is 0 Å². The molecule has 0 aliphatic rings. The lowest BCUT2D eigenvalue weighted by atomic mass is 10.0. The molecular weight excluding hydrogens is 229 g/mol. The number of carboxylic acid groups (broad SMARTS) is 1. The van der Waals surface area contributed by atoms with Crippen LogP contribution in [0.1, 0.15) is 17.2 Å². The van der Waals surface area contributed by atoms with Crippen LogP contribution in [-0.2, 0) is 11.5 Å². The van der Waals surface area contributed by atoms with E-state index >= 15 is 0 Å². The molecule has 1 aromatic rings. The van der Waals surface area contributed by atoms with Crippen LogP contribution < -0.4 is 15.2 Å². The average Bonchev–Trinajstić information content (AvgIpc) is 2.35. The third-order valence-electron chi connectivity index (χ3n) is 2.38. The molecule has 0 bridgehead atoms. The van der Waals surface area contributed by atoms with Crippen LogP contribution in [0, 0.1) is 0 Å². The second-order valence-electron chi connectivity index (χ2n) is 3.36. The molecule has 1 rings (SSSR count). The van der Waals surface area contributed by atoms with Gasteiger partial charge in [0, 0.05) is 17.2 Å². The first-order chi connectivity index (χ1) is 8.04. The summed E-state index contributed by atoms with van der Waals surface area (Å²) in [7, 11) is 2.77. The Balaban J connectivity index is 3.33. The molecule has 0 aliphatic carbocycles. The Bertz CT molecular complexity index is 422. The Hall–Kier alpha value is -1.82. The number of methoxy groups -OCH3 is 2. The van der Waals surface area contributed by atoms with Gasteiger partial charge < -0.3 is 20.3 Å². The Labute approximate surface area is 97.9 Å². The summed E-state index contributed by atoms with van der Waals surface area (Å²) in [5.74, 6) is -0.655. The number of aliphatic carboxylic acids is 1. The van der Waals surface area contributed by atoms with Gasteiger partial charge in [-0.2, -0.15) is 0 Å². The zero-order valence-corrected chi connectivity index (χ0v) is 9.57. The summed E-state index contributed by atoms with van der Waals surface area (Å²) in [5.41, 5.74) is 5.94. The van der Waals surface area contributed by atoms with E-state index in [1.807, 2.05) is 0 Å². The zero-order chi connectivity index (χ0) is 13.0. The molecule has 0 radical (unpaired) electrons. The van der Waals surface area contributed by atoms with E-state index in [1.54, 1.807) is 0 Å². The lowest BCUT2D eigenvalue weighted by molar-refractivity contribution is -0.138. The summed E-state index contributed by atoms with van der Waals surface area (Å²) in [5, 5.41) is 8.84. The largest absolute Gasteiger partial charge is 0.496 e. The number of carbonyl (C=O) groups is 1. The molecule has 0 spiro atoms. The molecule has 5 nitrogen and oxygen atoms in total. The highest BCUT2D eigenvalue weighted by atomic mass is 19.1. The number of ether oxygens (including phenoxy) is 2. The van der Waals surface area contributed by atoms with Crippen molar-refractivity contribution < 1.29 is 23.8 Å². The van der Waals surface area contributed by atoms with Crippen LogP contribution in [0.15, 0.2) is 12.1 Å². The monoisotopic (exact) mass is 243 g/mol. The first-order valence-electron chi connectivity index (χ1n) is 4.84. The Morgan fingerprint density at radius 1 is 1.41 bits per heavy atom. The summed E-state index contributed by atoms with van der Waals surface area (Å²) in [4.78, 5) is 10.8. The third-order valence-corrected chi connectivity index (χ3v) is 2.38. The van der Waals surface area contributed by atoms with Gasteiger partial charge in [0.1, 0.15) is 24.2 Å². The summed E-state index contributed by atoms with van der Waals surface area (Å²) >= 11 is 0. The second kappa shape index (κ2) is 5.49. The fraction of sp³-hybridized carbons (Fsp3) is 0.364. The van der Waals surface area contributed by atoms with Gasteiger partial charge in [0.15, 0.2) is 0 Å². The van der Waals surface area contributed by atoms with Crippen LogP contribution in [0.4, 0.5) is 4.39 Å². The third kappa shape index (κ3) is 2.65. The van der Waals surface area contributed by atoms with Crippen molar-refractivity contribution >= 4 is 5.97 Å². The predicted molar refractivity (Wildman–Crippen MR) is 58.9 cm³/mol. The minimum atomic E-state index is -1.26. The number of carboxylic acids is 1. The highest BCUT2D eigenvalue weighted by Crippen LogP contribution is 2.32. The highest BCUT2D eigenvalue weighted by Gasteiger charge is 2.21. The van der Waals surface area contributed by atoms with Gasteiger partial charge in [-0.05, 0) is 6.07 Å². The number of nitrogens with two attached hydrogens (primary N) is 1. The van der Waals surface area contributed by atoms with E-state index in [0.29, 0.717) is 5.75 Å². The minimum absolute atomic E-state index is 0.216. The van der Waals surface area contributed by atoms with Crippen molar-refractivity contribution in [2.24, 2.45) is 5.73 Å². The van der Waals surface area contributed by atoms with E-state index in [9.17, 15) is 9.18 Å². The summed E-state index contributed by atoms with van der Waals surface area (Å²) < 4.78 is 22.7. The van der Waals surface area contributed by atoms with Gasteiger partial charge in [-0.15, -0.1) is 0 Å². The number of benzene rings is 1. The van der Waals surface area contributed by atoms with Crippen LogP contribution >= 0.6 is 0 Å². The number of halogens is 1. The van der Waals surface area contributed by atoms with Gasteiger partial charge in [-0.25, -0.2) is 4.39 Å². The number of hydrogen-bond acceptors (Lipinski definition) is 4. The Kier molecular flexibility index (Phi) is 4.28. The molecule has 0 saturated carbocycles. The maximum absolute atomic E-state index is 12.7. The molecule has 3 N–H and O–H groups in total. The number of rotatable bonds is 5. The molecule has 0 saturated heterocycles. The van der Waals surface area contributed by atoms with Crippen molar-refractivity contribution in [2.45, 2.75) is 12.7 Å². The minimum Gasteiger partial charge on any atom is -0.496 e. The average molecular weight is 243 g/mol. The standard InChI is InChI=1S/C11H14FNO4/c1-16-8-4-9(17-2)7(3-6(8)5-12)10(13)11(14)15/h3-4,10H,5,13H2,1-2H3,(H,14,15). The smallest absolute Gasteiger partial charge is 0.325 e. The molecule has 17 heavy (non-hydrogen) atoms. The highest BCUT2D eigenvalue weighted by molar-refractivity contribution is 5.76. The van der Waals surface area contributed by atoms with Crippen molar-refractivity contribution in [3.63, 3.8) is 0 Å². The fourth-order valence-corrected chi connectivity index (χ4v) is 1.47. The van der Waals surface area contributed by atoms with Gasteiger partial charge in [0.2, 0.25) is 0 Å². The lowest BCUT2D eigenvalue weighted by Gasteiger charge is -2.15. The van der Waals surface area contributed by atoms with E-state index in [-0.39, 0.29) is 16.9 Å². The van der Waals surface area contributed by atoms with Gasteiger partial charge in [-0.3, -0.25) is 4.79 Å². The van der Waals surface area contributed by atoms with E-state index in [4.69, 9.17) is 20.3 Å². The van der Waals surface area contributed by atoms with E-state index in [1.165, 1.54) is 26.4 Å². The van der Waals surface area contributed by atoms with Crippen molar-refractivity contribution in [1.82, 2.24) is 0 Å². The molecule has 0 aliphatic heterocycles. The van der Waals surface area contributed by atoms with Crippen LogP contribution in [0.3, 0.4) is 0 Å². The van der Waals surface area contributed by atoms with Crippen LogP contribution in [-0.4, -0.2) is 25.3 Å². The first kappa shape index (κ1) is 13.2. The van der Waals surface area contributed by atoms with Crippen LogP contribution in [0.2, 0.25) is 0 Å². The molecular formula is C11H14FNO4. The van der Waals surface area contributed by atoms with E-state index in [2.05, 4.69) is 0 Å². The van der Waals surface area contributed by atoms with Gasteiger partial charge in [0.05, 0.1) is 14.2 Å². The zero-order valence-electron chi connectivity index (χ0n) is 9.57. The Morgan fingerprint density at radius 3 is 2.41 bits per heavy atom. The topological polar surface area (TPSA) is 81.8 Å². The molecule has 0 heterocycles. The molecule has 0 fully saturated rings. The quantitative estimate of drug-likeness (QED) is 0.813. The van der Waals surface area contributed by atoms with Crippen LogP contribution in [0.25, 0.3) is 0 Å². The molecule has 1 unspecified atom stereocenters. The first-order valence-corrected chi connectivity index (χ1v) is 4.84. The maximum atomic E-state index is 12.7. The van der Waals surface area contributed by atoms with Crippen molar-refractivity contribution in [2.75, 3.05) is 14.2 Å². The molecule has 94 valence electrons.